The van der Waals surface area contributed by atoms with Crippen molar-refractivity contribution in [2.75, 3.05) is 6.61 Å². The fourth-order valence-corrected chi connectivity index (χ4v) is 3.28. The first-order chi connectivity index (χ1) is 12.3. The quantitative estimate of drug-likeness (QED) is 0.349. The summed E-state index contributed by atoms with van der Waals surface area (Å²) in [6.45, 7) is 7.45. The average Bonchev–Trinajstić information content (AvgIpc) is 2.85. The van der Waals surface area contributed by atoms with Crippen LogP contribution < -0.4 is 0 Å². The second-order valence-corrected chi connectivity index (χ2v) is 7.17. The lowest BCUT2D eigenvalue weighted by molar-refractivity contribution is -0.153. The molecule has 1 saturated heterocycles. The van der Waals surface area contributed by atoms with Crippen molar-refractivity contribution < 1.29 is 29.0 Å². The molecule has 1 aliphatic carbocycles. The molecule has 0 saturated carbocycles. The molecule has 1 heterocycles. The molecule has 0 aromatic carbocycles. The minimum atomic E-state index is -0.726. The van der Waals surface area contributed by atoms with Crippen LogP contribution in [0.4, 0.5) is 0 Å². The summed E-state index contributed by atoms with van der Waals surface area (Å²) in [6.07, 6.45) is 4.40. The maximum atomic E-state index is 12.2. The van der Waals surface area contributed by atoms with Crippen molar-refractivity contribution in [3.8, 4) is 0 Å². The number of hydrogen-bond donors (Lipinski definition) is 1. The van der Waals surface area contributed by atoms with Gasteiger partial charge in [-0.15, -0.1) is 0 Å². The zero-order valence-electron chi connectivity index (χ0n) is 15.3. The van der Waals surface area contributed by atoms with Gasteiger partial charge in [-0.1, -0.05) is 26.5 Å². The third-order valence-corrected chi connectivity index (χ3v) is 4.58. The molecule has 1 aliphatic heterocycles. The molecule has 6 heteroatoms. The Kier molecular flexibility index (Phi) is 6.91. The predicted molar refractivity (Wildman–Crippen MR) is 95.0 cm³/mol. The summed E-state index contributed by atoms with van der Waals surface area (Å²) in [5.74, 6) is -1.38. The Hall–Kier alpha value is -2.21. The predicted octanol–water partition coefficient (Wildman–Crippen LogP) is 2.27. The molecule has 0 radical (unpaired) electrons. The summed E-state index contributed by atoms with van der Waals surface area (Å²) >= 11 is 0. The molecule has 0 aromatic rings. The van der Waals surface area contributed by atoms with Crippen molar-refractivity contribution in [1.29, 1.82) is 0 Å². The second-order valence-electron chi connectivity index (χ2n) is 7.17. The number of aldehydes is 1. The van der Waals surface area contributed by atoms with Crippen LogP contribution in [0.1, 0.15) is 39.5 Å². The number of carbonyl (C=O) groups excluding carboxylic acids is 3. The van der Waals surface area contributed by atoms with E-state index in [0.717, 1.165) is 6.29 Å². The first-order valence-electron chi connectivity index (χ1n) is 8.89. The molecule has 3 atom stereocenters. The number of rotatable bonds is 5. The summed E-state index contributed by atoms with van der Waals surface area (Å²) in [4.78, 5) is 35.7. The van der Waals surface area contributed by atoms with Crippen LogP contribution in [0, 0.1) is 11.8 Å². The highest BCUT2D eigenvalue weighted by molar-refractivity contribution is 5.91. The smallest absolute Gasteiger partial charge is 0.334 e. The van der Waals surface area contributed by atoms with E-state index in [9.17, 15) is 19.5 Å². The van der Waals surface area contributed by atoms with Crippen LogP contribution in [0.15, 0.2) is 35.5 Å². The van der Waals surface area contributed by atoms with Gasteiger partial charge in [0.15, 0.2) is 0 Å². The molecular formula is C20H26O6. The number of esters is 2. The van der Waals surface area contributed by atoms with Crippen molar-refractivity contribution in [2.24, 2.45) is 11.8 Å². The first kappa shape index (κ1) is 20.1. The van der Waals surface area contributed by atoms with Gasteiger partial charge in [0, 0.05) is 18.4 Å². The number of aliphatic hydroxyl groups is 1. The molecule has 1 fully saturated rings. The van der Waals surface area contributed by atoms with Crippen LogP contribution in [0.5, 0.6) is 0 Å². The van der Waals surface area contributed by atoms with E-state index in [0.29, 0.717) is 24.0 Å². The molecule has 1 N–H and O–H groups in total. The van der Waals surface area contributed by atoms with E-state index >= 15 is 0 Å². The lowest BCUT2D eigenvalue weighted by Gasteiger charge is -2.27. The van der Waals surface area contributed by atoms with E-state index in [2.05, 4.69) is 6.58 Å². The number of fused-ring (bicyclic) bond motifs is 1. The molecule has 2 rings (SSSR count). The monoisotopic (exact) mass is 362 g/mol. The van der Waals surface area contributed by atoms with E-state index in [1.807, 2.05) is 13.8 Å². The normalized spacial score (nSPS) is 28.5. The minimum Gasteiger partial charge on any atom is -0.461 e. The fourth-order valence-electron chi connectivity index (χ4n) is 3.28. The molecular weight excluding hydrogens is 336 g/mol. The highest BCUT2D eigenvalue weighted by atomic mass is 16.6. The van der Waals surface area contributed by atoms with Gasteiger partial charge >= 0.3 is 11.9 Å². The molecule has 26 heavy (non-hydrogen) atoms. The van der Waals surface area contributed by atoms with Crippen LogP contribution in [-0.2, 0) is 23.9 Å². The van der Waals surface area contributed by atoms with E-state index in [1.165, 1.54) is 0 Å². The number of aliphatic hydroxyl groups excluding tert-OH is 1. The van der Waals surface area contributed by atoms with Gasteiger partial charge in [0.25, 0.3) is 0 Å². The van der Waals surface area contributed by atoms with Gasteiger partial charge in [0.1, 0.15) is 18.5 Å². The molecule has 6 nitrogen and oxygen atoms in total. The van der Waals surface area contributed by atoms with E-state index < -0.39 is 24.1 Å². The molecule has 0 amide bonds. The van der Waals surface area contributed by atoms with Crippen LogP contribution >= 0.6 is 0 Å². The summed E-state index contributed by atoms with van der Waals surface area (Å²) in [5.41, 5.74) is 1.42. The van der Waals surface area contributed by atoms with Crippen molar-refractivity contribution in [1.82, 2.24) is 0 Å². The van der Waals surface area contributed by atoms with Gasteiger partial charge in [-0.3, -0.25) is 9.59 Å². The van der Waals surface area contributed by atoms with Crippen LogP contribution in [-0.4, -0.2) is 42.1 Å². The van der Waals surface area contributed by atoms with Gasteiger partial charge in [-0.25, -0.2) is 4.79 Å². The lowest BCUT2D eigenvalue weighted by atomic mass is 9.85. The SMILES string of the molecule is C=C1C(=O)O[C@@H]2/C=C(\CO)CCC=C(C=O)C[C@H](OC(=O)CC(C)C)[C@@H]12. The van der Waals surface area contributed by atoms with Gasteiger partial charge < -0.3 is 14.6 Å². The zero-order chi connectivity index (χ0) is 19.3. The Morgan fingerprint density at radius 3 is 2.85 bits per heavy atom. The Balaban J connectivity index is 2.38. The van der Waals surface area contributed by atoms with Crippen molar-refractivity contribution in [3.63, 3.8) is 0 Å². The lowest BCUT2D eigenvalue weighted by Crippen LogP contribution is -2.34. The Labute approximate surface area is 153 Å². The highest BCUT2D eigenvalue weighted by Crippen LogP contribution is 2.36. The van der Waals surface area contributed by atoms with E-state index in [-0.39, 0.29) is 36.9 Å². The van der Waals surface area contributed by atoms with E-state index in [4.69, 9.17) is 9.47 Å². The fraction of sp³-hybridized carbons (Fsp3) is 0.550. The standard InChI is InChI=1S/C20H26O6/c1-12(2)7-18(23)25-16-8-14(10-21)5-4-6-15(11-22)9-17-19(16)13(3)20(24)26-17/h5,9-10,12,16-17,19,22H,3-4,6-8,11H2,1-2H3/b14-5?,15-9-/t16-,17+,19+/m0/s1. The van der Waals surface area contributed by atoms with Gasteiger partial charge in [0.2, 0.25) is 0 Å². The molecule has 2 aliphatic rings. The summed E-state index contributed by atoms with van der Waals surface area (Å²) in [7, 11) is 0. The summed E-state index contributed by atoms with van der Waals surface area (Å²) in [5, 5.41) is 9.55. The number of ether oxygens (including phenoxy) is 2. The van der Waals surface area contributed by atoms with Gasteiger partial charge in [-0.2, -0.15) is 0 Å². The van der Waals surface area contributed by atoms with Crippen LogP contribution in [0.3, 0.4) is 0 Å². The average molecular weight is 362 g/mol. The highest BCUT2D eigenvalue weighted by Gasteiger charge is 2.44. The van der Waals surface area contributed by atoms with E-state index in [1.54, 1.807) is 12.2 Å². The third-order valence-electron chi connectivity index (χ3n) is 4.58. The van der Waals surface area contributed by atoms with Crippen molar-refractivity contribution >= 4 is 18.2 Å². The van der Waals surface area contributed by atoms with Crippen LogP contribution in [0.2, 0.25) is 0 Å². The maximum absolute atomic E-state index is 12.2. The molecule has 0 aromatic heterocycles. The molecule has 0 unspecified atom stereocenters. The number of hydrogen-bond acceptors (Lipinski definition) is 6. The number of carbonyl (C=O) groups is 3. The Bertz CT molecular complexity index is 643. The summed E-state index contributed by atoms with van der Waals surface area (Å²) < 4.78 is 11.0. The second kappa shape index (κ2) is 8.94. The Morgan fingerprint density at radius 1 is 1.50 bits per heavy atom. The Morgan fingerprint density at radius 2 is 2.23 bits per heavy atom. The topological polar surface area (TPSA) is 89.9 Å². The van der Waals surface area contributed by atoms with Gasteiger partial charge in [0.05, 0.1) is 12.5 Å². The van der Waals surface area contributed by atoms with Crippen molar-refractivity contribution in [3.05, 3.63) is 35.5 Å². The largest absolute Gasteiger partial charge is 0.461 e. The van der Waals surface area contributed by atoms with Gasteiger partial charge in [-0.05, 0) is 36.0 Å². The molecule has 0 spiro atoms. The molecule has 0 bridgehead atoms. The summed E-state index contributed by atoms with van der Waals surface area (Å²) in [6, 6.07) is 0. The molecule has 142 valence electrons. The zero-order valence-corrected chi connectivity index (χ0v) is 15.3. The maximum Gasteiger partial charge on any atom is 0.334 e. The van der Waals surface area contributed by atoms with Crippen LogP contribution in [0.25, 0.3) is 0 Å². The third kappa shape index (κ3) is 4.91. The first-order valence-corrected chi connectivity index (χ1v) is 8.89. The minimum absolute atomic E-state index is 0.129. The van der Waals surface area contributed by atoms with Crippen molar-refractivity contribution in [2.45, 2.75) is 51.7 Å². The number of allylic oxidation sites excluding steroid dienone is 1.